The van der Waals surface area contributed by atoms with Gasteiger partial charge in [0, 0.05) is 26.6 Å². The Morgan fingerprint density at radius 2 is 2.44 bits per heavy atom. The van der Waals surface area contributed by atoms with E-state index < -0.39 is 0 Å². The maximum Gasteiger partial charge on any atom is 0.138 e. The zero-order valence-corrected chi connectivity index (χ0v) is 11.6. The van der Waals surface area contributed by atoms with Crippen LogP contribution >= 0.6 is 0 Å². The van der Waals surface area contributed by atoms with Crippen molar-refractivity contribution < 1.29 is 4.74 Å². The van der Waals surface area contributed by atoms with Crippen molar-refractivity contribution in [2.45, 2.75) is 50.7 Å². The first-order chi connectivity index (χ1) is 8.57. The molecule has 1 heterocycles. The van der Waals surface area contributed by atoms with Gasteiger partial charge in [-0.3, -0.25) is 4.68 Å². The summed E-state index contributed by atoms with van der Waals surface area (Å²) in [6, 6.07) is -0.0202. The number of hydrogen-bond acceptors (Lipinski definition) is 4. The summed E-state index contributed by atoms with van der Waals surface area (Å²) >= 11 is 0. The second-order valence-electron chi connectivity index (χ2n) is 5.58. The van der Waals surface area contributed by atoms with Crippen molar-refractivity contribution in [3.8, 4) is 0 Å². The van der Waals surface area contributed by atoms with Gasteiger partial charge in [-0.15, -0.1) is 0 Å². The molecule has 3 unspecified atom stereocenters. The highest BCUT2D eigenvalue weighted by molar-refractivity contribution is 5.00. The molecular formula is C13H24N4O. The van der Waals surface area contributed by atoms with Crippen molar-refractivity contribution in [3.63, 3.8) is 0 Å². The van der Waals surface area contributed by atoms with Gasteiger partial charge in [0.15, 0.2) is 0 Å². The highest BCUT2D eigenvalue weighted by Gasteiger charge is 2.40. The molecule has 0 aliphatic heterocycles. The summed E-state index contributed by atoms with van der Waals surface area (Å²) in [5.41, 5.74) is 6.22. The van der Waals surface area contributed by atoms with Crippen LogP contribution in [0.3, 0.4) is 0 Å². The molecule has 1 saturated carbocycles. The van der Waals surface area contributed by atoms with Crippen LogP contribution in [0.4, 0.5) is 0 Å². The molecular weight excluding hydrogens is 228 g/mol. The van der Waals surface area contributed by atoms with Gasteiger partial charge < -0.3 is 10.5 Å². The molecule has 1 aromatic heterocycles. The minimum absolute atomic E-state index is 0.0202. The molecule has 5 heteroatoms. The topological polar surface area (TPSA) is 66.0 Å². The van der Waals surface area contributed by atoms with E-state index in [4.69, 9.17) is 10.5 Å². The monoisotopic (exact) mass is 252 g/mol. The normalized spacial score (nSPS) is 30.3. The van der Waals surface area contributed by atoms with Gasteiger partial charge >= 0.3 is 0 Å². The first kappa shape index (κ1) is 13.5. The average Bonchev–Trinajstić information content (AvgIpc) is 2.75. The van der Waals surface area contributed by atoms with Crippen molar-refractivity contribution in [3.05, 3.63) is 12.2 Å². The fourth-order valence-electron chi connectivity index (χ4n) is 3.10. The Bertz CT molecular complexity index is 392. The molecule has 1 aliphatic carbocycles. The van der Waals surface area contributed by atoms with E-state index >= 15 is 0 Å². The van der Waals surface area contributed by atoms with E-state index in [0.29, 0.717) is 5.92 Å². The first-order valence-electron chi connectivity index (χ1n) is 6.71. The minimum Gasteiger partial charge on any atom is -0.377 e. The van der Waals surface area contributed by atoms with Crippen LogP contribution in [0.2, 0.25) is 0 Å². The second-order valence-corrected chi connectivity index (χ2v) is 5.58. The lowest BCUT2D eigenvalue weighted by Crippen LogP contribution is -2.53. The molecule has 0 bridgehead atoms. The third kappa shape index (κ3) is 2.57. The summed E-state index contributed by atoms with van der Waals surface area (Å²) in [4.78, 5) is 4.25. The molecule has 1 aromatic rings. The van der Waals surface area contributed by atoms with E-state index in [1.165, 1.54) is 12.8 Å². The zero-order valence-electron chi connectivity index (χ0n) is 11.6. The van der Waals surface area contributed by atoms with Crippen LogP contribution in [0.5, 0.6) is 0 Å². The predicted octanol–water partition coefficient (Wildman–Crippen LogP) is 1.28. The van der Waals surface area contributed by atoms with Crippen molar-refractivity contribution in [1.29, 1.82) is 0 Å². The summed E-state index contributed by atoms with van der Waals surface area (Å²) in [6.45, 7) is 2.28. The largest absolute Gasteiger partial charge is 0.377 e. The van der Waals surface area contributed by atoms with Crippen molar-refractivity contribution in [1.82, 2.24) is 14.8 Å². The van der Waals surface area contributed by atoms with Crippen LogP contribution in [-0.2, 0) is 18.2 Å². The average molecular weight is 252 g/mol. The summed E-state index contributed by atoms with van der Waals surface area (Å²) in [7, 11) is 3.69. The number of rotatable bonds is 4. The smallest absolute Gasteiger partial charge is 0.138 e. The molecule has 1 fully saturated rings. The lowest BCUT2D eigenvalue weighted by Gasteiger charge is -2.43. The van der Waals surface area contributed by atoms with E-state index in [2.05, 4.69) is 17.0 Å². The van der Waals surface area contributed by atoms with E-state index in [9.17, 15) is 0 Å². The van der Waals surface area contributed by atoms with Gasteiger partial charge in [-0.25, -0.2) is 4.98 Å². The molecule has 2 rings (SSSR count). The highest BCUT2D eigenvalue weighted by Crippen LogP contribution is 2.37. The summed E-state index contributed by atoms with van der Waals surface area (Å²) in [5.74, 6) is 1.61. The molecule has 0 aromatic carbocycles. The molecule has 3 atom stereocenters. The Morgan fingerprint density at radius 1 is 1.67 bits per heavy atom. The Balaban J connectivity index is 2.09. The number of ether oxygens (including phenoxy) is 1. The lowest BCUT2D eigenvalue weighted by molar-refractivity contribution is -0.0709. The standard InChI is InChI=1S/C13H24N4O/c1-10-5-4-6-13(8-10,18-3)11(14)7-12-15-9-16-17(12)2/h9-11H,4-8,14H2,1-3H3. The maximum atomic E-state index is 6.41. The van der Waals surface area contributed by atoms with Gasteiger partial charge in [0.05, 0.1) is 5.60 Å². The van der Waals surface area contributed by atoms with Crippen molar-refractivity contribution in [2.75, 3.05) is 7.11 Å². The summed E-state index contributed by atoms with van der Waals surface area (Å²) < 4.78 is 7.60. The third-order valence-corrected chi connectivity index (χ3v) is 4.28. The Morgan fingerprint density at radius 3 is 3.00 bits per heavy atom. The molecule has 102 valence electrons. The van der Waals surface area contributed by atoms with Gasteiger partial charge in [-0.05, 0) is 18.8 Å². The summed E-state index contributed by atoms with van der Waals surface area (Å²) in [6.07, 6.45) is 6.86. The quantitative estimate of drug-likeness (QED) is 0.876. The number of nitrogens with zero attached hydrogens (tertiary/aromatic N) is 3. The highest BCUT2D eigenvalue weighted by atomic mass is 16.5. The van der Waals surface area contributed by atoms with Crippen molar-refractivity contribution in [2.24, 2.45) is 18.7 Å². The Kier molecular flexibility index (Phi) is 4.02. The molecule has 0 amide bonds. The van der Waals surface area contributed by atoms with Gasteiger partial charge in [0.1, 0.15) is 12.2 Å². The first-order valence-corrected chi connectivity index (χ1v) is 6.71. The Hall–Kier alpha value is -0.940. The van der Waals surface area contributed by atoms with Gasteiger partial charge in [-0.2, -0.15) is 5.10 Å². The van der Waals surface area contributed by atoms with Gasteiger partial charge in [-0.1, -0.05) is 19.8 Å². The maximum absolute atomic E-state index is 6.41. The van der Waals surface area contributed by atoms with Crippen molar-refractivity contribution >= 4 is 0 Å². The molecule has 1 aliphatic rings. The predicted molar refractivity (Wildman–Crippen MR) is 70.1 cm³/mol. The minimum atomic E-state index is -0.191. The molecule has 18 heavy (non-hydrogen) atoms. The summed E-state index contributed by atoms with van der Waals surface area (Å²) in [5, 5.41) is 4.09. The molecule has 0 saturated heterocycles. The van der Waals surface area contributed by atoms with E-state index in [1.54, 1.807) is 18.1 Å². The zero-order chi connectivity index (χ0) is 13.2. The van der Waals surface area contributed by atoms with Crippen LogP contribution < -0.4 is 5.73 Å². The van der Waals surface area contributed by atoms with Crippen LogP contribution in [0, 0.1) is 5.92 Å². The Labute approximate surface area is 109 Å². The molecule has 2 N–H and O–H groups in total. The molecule has 5 nitrogen and oxygen atoms in total. The van der Waals surface area contributed by atoms with E-state index in [-0.39, 0.29) is 11.6 Å². The molecule has 0 spiro atoms. The number of nitrogens with two attached hydrogens (primary N) is 1. The lowest BCUT2D eigenvalue weighted by atomic mass is 9.74. The van der Waals surface area contributed by atoms with Crippen LogP contribution in [0.1, 0.15) is 38.4 Å². The number of methoxy groups -OCH3 is 1. The van der Waals surface area contributed by atoms with E-state index in [1.807, 2.05) is 7.05 Å². The fourth-order valence-corrected chi connectivity index (χ4v) is 3.10. The van der Waals surface area contributed by atoms with Crippen LogP contribution in [0.15, 0.2) is 6.33 Å². The van der Waals surface area contributed by atoms with E-state index in [0.717, 1.165) is 25.1 Å². The van der Waals surface area contributed by atoms with Crippen LogP contribution in [-0.4, -0.2) is 33.5 Å². The van der Waals surface area contributed by atoms with Gasteiger partial charge in [0.2, 0.25) is 0 Å². The van der Waals surface area contributed by atoms with Crippen LogP contribution in [0.25, 0.3) is 0 Å². The molecule has 0 radical (unpaired) electrons. The SMILES string of the molecule is COC1(C(N)Cc2ncnn2C)CCCC(C)C1. The second kappa shape index (κ2) is 5.36. The fraction of sp³-hybridized carbons (Fsp3) is 0.846. The van der Waals surface area contributed by atoms with Gasteiger partial charge in [0.25, 0.3) is 0 Å². The number of aromatic nitrogens is 3. The third-order valence-electron chi connectivity index (χ3n) is 4.28. The number of hydrogen-bond donors (Lipinski definition) is 1. The number of aryl methyl sites for hydroxylation is 1.